The maximum absolute atomic E-state index is 14.1. The van der Waals surface area contributed by atoms with Crippen LogP contribution in [-0.2, 0) is 31.9 Å². The summed E-state index contributed by atoms with van der Waals surface area (Å²) in [5, 5.41) is 6.52. The number of furan rings is 1. The zero-order valence-electron chi connectivity index (χ0n) is 36.7. The number of carbonyl (C=O) groups excluding carboxylic acids is 4. The molecule has 1 aliphatic carbocycles. The minimum absolute atomic E-state index is 0.214. The SMILES string of the molecule is COC(=O)NC(C(=O)N1CCC[C@H]1c1ncc(-c2ccc3c(c2)CCCc2c-3oc3ccc(-c4cnc([C@@H]5CCCN5C(=O)C(NC(=O)OC)c5ccccc5)[nH]4)cc23)[nH]1)c1ccccc1. The first-order valence-corrected chi connectivity index (χ1v) is 22.5. The van der Waals surface area contributed by atoms with Crippen molar-refractivity contribution in [3.63, 3.8) is 0 Å². The monoisotopic (exact) mass is 886 g/mol. The van der Waals surface area contributed by atoms with Crippen molar-refractivity contribution < 1.29 is 33.1 Å². The molecule has 0 saturated carbocycles. The largest absolute Gasteiger partial charge is 0.456 e. The second kappa shape index (κ2) is 18.1. The van der Waals surface area contributed by atoms with Gasteiger partial charge >= 0.3 is 12.2 Å². The van der Waals surface area contributed by atoms with Crippen molar-refractivity contribution >= 4 is 35.0 Å². The molecule has 15 heteroatoms. The normalized spacial score (nSPS) is 17.7. The summed E-state index contributed by atoms with van der Waals surface area (Å²) >= 11 is 0. The standard InChI is InChI=1S/C51H50N8O7/c1-64-50(62)56-43(30-12-5-3-6-13-30)48(60)58-24-10-18-40(58)46-52-28-38(54-46)33-20-22-35-32(26-33)16-9-17-36-37-27-34(21-23-42(37)66-45(35)36)39-29-53-47(55-39)41-19-11-25-59(41)49(61)44(57-51(63)65-2)31-14-7-4-8-15-31/h3-8,12-15,20-23,26-29,40-41,43-44H,9-11,16-19,24-25H2,1-2H3,(H,52,54)(H,53,55)(H,56,62)(H,57,63)/t40-,41-,43?,44?/m0/s1. The molecule has 15 nitrogen and oxygen atoms in total. The third-order valence-electron chi connectivity index (χ3n) is 13.2. The van der Waals surface area contributed by atoms with E-state index >= 15 is 0 Å². The van der Waals surface area contributed by atoms with Crippen LogP contribution in [0.3, 0.4) is 0 Å². The fraction of sp³-hybridized carbons (Fsp3) is 0.294. The summed E-state index contributed by atoms with van der Waals surface area (Å²) in [7, 11) is 2.57. The number of amides is 4. The lowest BCUT2D eigenvalue weighted by molar-refractivity contribution is -0.135. The highest BCUT2D eigenvalue weighted by atomic mass is 16.5. The fourth-order valence-electron chi connectivity index (χ4n) is 9.91. The maximum atomic E-state index is 14.1. The minimum Gasteiger partial charge on any atom is -0.456 e. The lowest BCUT2D eigenvalue weighted by Crippen LogP contribution is -2.42. The van der Waals surface area contributed by atoms with E-state index in [1.54, 1.807) is 9.80 Å². The Kier molecular flexibility index (Phi) is 11.6. The van der Waals surface area contributed by atoms with Gasteiger partial charge in [0.2, 0.25) is 0 Å². The Bertz CT molecular complexity index is 2920. The van der Waals surface area contributed by atoms with E-state index in [9.17, 15) is 19.2 Å². The maximum Gasteiger partial charge on any atom is 0.407 e. The third-order valence-corrected chi connectivity index (χ3v) is 13.2. The third kappa shape index (κ3) is 8.05. The van der Waals surface area contributed by atoms with E-state index in [4.69, 9.17) is 23.9 Å². The number of benzene rings is 4. The first-order chi connectivity index (χ1) is 32.3. The number of ether oxygens (including phenoxy) is 2. The number of rotatable bonds is 10. The van der Waals surface area contributed by atoms with E-state index in [2.05, 4.69) is 44.9 Å². The molecule has 2 fully saturated rings. The number of H-pyrrole nitrogens is 2. The molecule has 336 valence electrons. The van der Waals surface area contributed by atoms with Crippen molar-refractivity contribution in [2.24, 2.45) is 0 Å². The van der Waals surface area contributed by atoms with Crippen LogP contribution in [-0.4, -0.2) is 81.0 Å². The van der Waals surface area contributed by atoms with Crippen LogP contribution < -0.4 is 10.6 Å². The fourth-order valence-corrected chi connectivity index (χ4v) is 9.91. The number of carbonyl (C=O) groups is 4. The van der Waals surface area contributed by atoms with E-state index < -0.39 is 24.3 Å². The van der Waals surface area contributed by atoms with Gasteiger partial charge < -0.3 is 44.3 Å². The molecule has 10 rings (SSSR count). The molecule has 4 N–H and O–H groups in total. The van der Waals surface area contributed by atoms with Gasteiger partial charge in [-0.2, -0.15) is 0 Å². The highest BCUT2D eigenvalue weighted by molar-refractivity contribution is 5.92. The summed E-state index contributed by atoms with van der Waals surface area (Å²) < 4.78 is 16.4. The first kappa shape index (κ1) is 42.3. The average molecular weight is 887 g/mol. The molecule has 4 amide bonds. The molecule has 3 aliphatic rings. The van der Waals surface area contributed by atoms with Crippen molar-refractivity contribution in [1.29, 1.82) is 0 Å². The lowest BCUT2D eigenvalue weighted by atomic mass is 9.98. The molecule has 0 bridgehead atoms. The number of fused-ring (bicyclic) bond motifs is 5. The number of hydrogen-bond donors (Lipinski definition) is 4. The van der Waals surface area contributed by atoms with Crippen LogP contribution in [0, 0.1) is 0 Å². The van der Waals surface area contributed by atoms with Gasteiger partial charge in [-0.15, -0.1) is 0 Å². The molecule has 4 atom stereocenters. The van der Waals surface area contributed by atoms with Crippen molar-refractivity contribution in [3.8, 4) is 33.8 Å². The number of aromatic nitrogens is 4. The smallest absolute Gasteiger partial charge is 0.407 e. The number of methoxy groups -OCH3 is 2. The van der Waals surface area contributed by atoms with Gasteiger partial charge in [-0.05, 0) is 91.5 Å². The van der Waals surface area contributed by atoms with Gasteiger partial charge in [0.15, 0.2) is 0 Å². The molecule has 0 spiro atoms. The second-order valence-corrected chi connectivity index (χ2v) is 17.0. The first-order valence-electron chi connectivity index (χ1n) is 22.5. The number of aromatic amines is 2. The Balaban J connectivity index is 0.875. The Hall–Kier alpha value is -7.68. The topological polar surface area (TPSA) is 188 Å². The molecule has 4 aromatic carbocycles. The van der Waals surface area contributed by atoms with E-state index in [1.165, 1.54) is 25.3 Å². The quantitative estimate of drug-likeness (QED) is 0.104. The summed E-state index contributed by atoms with van der Waals surface area (Å²) in [6.07, 6.45) is 8.06. The molecular weight excluding hydrogens is 837 g/mol. The molecule has 66 heavy (non-hydrogen) atoms. The van der Waals surface area contributed by atoms with Gasteiger partial charge in [0.25, 0.3) is 11.8 Å². The van der Waals surface area contributed by atoms with Crippen molar-refractivity contribution in [1.82, 2.24) is 40.4 Å². The van der Waals surface area contributed by atoms with Crippen molar-refractivity contribution in [2.45, 2.75) is 69.1 Å². The van der Waals surface area contributed by atoms with Gasteiger partial charge in [0.1, 0.15) is 35.1 Å². The molecule has 2 saturated heterocycles. The predicted molar refractivity (Wildman–Crippen MR) is 246 cm³/mol. The molecule has 3 aromatic heterocycles. The second-order valence-electron chi connectivity index (χ2n) is 17.0. The van der Waals surface area contributed by atoms with Crippen LogP contribution >= 0.6 is 0 Å². The summed E-state index contributed by atoms with van der Waals surface area (Å²) in [6.45, 7) is 1.09. The summed E-state index contributed by atoms with van der Waals surface area (Å²) in [5.41, 5.74) is 9.23. The molecule has 2 aliphatic heterocycles. The van der Waals surface area contributed by atoms with E-state index in [0.717, 1.165) is 89.8 Å². The van der Waals surface area contributed by atoms with Crippen LogP contribution in [0.2, 0.25) is 0 Å². The molecule has 7 aromatic rings. The summed E-state index contributed by atoms with van der Waals surface area (Å²) in [5.74, 6) is 1.84. The van der Waals surface area contributed by atoms with Gasteiger partial charge in [-0.25, -0.2) is 19.6 Å². The van der Waals surface area contributed by atoms with Crippen molar-refractivity contribution in [3.05, 3.63) is 143 Å². The average Bonchev–Trinajstić information content (AvgIpc) is 4.22. The number of nitrogens with one attached hydrogen (secondary N) is 4. The lowest BCUT2D eigenvalue weighted by Gasteiger charge is -2.28. The van der Waals surface area contributed by atoms with Gasteiger partial charge in [0.05, 0.1) is 50.1 Å². The zero-order chi connectivity index (χ0) is 45.3. The Morgan fingerprint density at radius 2 is 1.20 bits per heavy atom. The number of hydrogen-bond acceptors (Lipinski definition) is 9. The van der Waals surface area contributed by atoms with E-state index in [-0.39, 0.29) is 23.9 Å². The molecule has 0 radical (unpaired) electrons. The molecule has 2 unspecified atom stereocenters. The van der Waals surface area contributed by atoms with Crippen LogP contribution in [0.25, 0.3) is 44.8 Å². The van der Waals surface area contributed by atoms with Crippen LogP contribution in [0.1, 0.15) is 90.2 Å². The van der Waals surface area contributed by atoms with E-state index in [0.29, 0.717) is 35.9 Å². The van der Waals surface area contributed by atoms with Gasteiger partial charge in [-0.3, -0.25) is 9.59 Å². The Morgan fingerprint density at radius 1 is 0.667 bits per heavy atom. The Labute approximate surface area is 380 Å². The van der Waals surface area contributed by atoms with Gasteiger partial charge in [0, 0.05) is 35.2 Å². The minimum atomic E-state index is -0.895. The molecule has 5 heterocycles. The van der Waals surface area contributed by atoms with E-state index in [1.807, 2.05) is 85.2 Å². The summed E-state index contributed by atoms with van der Waals surface area (Å²) in [6, 6.07) is 28.7. The van der Waals surface area contributed by atoms with Crippen LogP contribution in [0.4, 0.5) is 9.59 Å². The number of alkyl carbamates (subject to hydrolysis) is 2. The van der Waals surface area contributed by atoms with Gasteiger partial charge in [-0.1, -0.05) is 72.8 Å². The van der Waals surface area contributed by atoms with Crippen molar-refractivity contribution in [2.75, 3.05) is 27.3 Å². The number of imidazole rings is 2. The number of likely N-dealkylation sites (tertiary alicyclic amines) is 2. The predicted octanol–water partition coefficient (Wildman–Crippen LogP) is 8.89. The van der Waals surface area contributed by atoms with Crippen LogP contribution in [0.15, 0.2) is 114 Å². The highest BCUT2D eigenvalue weighted by Crippen LogP contribution is 2.42. The highest BCUT2D eigenvalue weighted by Gasteiger charge is 2.39. The summed E-state index contributed by atoms with van der Waals surface area (Å²) in [4.78, 5) is 73.0. The number of aryl methyl sites for hydroxylation is 2. The number of nitrogens with zero attached hydrogens (tertiary/aromatic N) is 4. The molecular formula is C51H50N8O7. The Morgan fingerprint density at radius 3 is 1.74 bits per heavy atom. The zero-order valence-corrected chi connectivity index (χ0v) is 36.7. The van der Waals surface area contributed by atoms with Crippen LogP contribution in [0.5, 0.6) is 0 Å².